The summed E-state index contributed by atoms with van der Waals surface area (Å²) in [6.45, 7) is 3.89. The first-order valence-corrected chi connectivity index (χ1v) is 6.79. The third kappa shape index (κ3) is 2.30. The first-order chi connectivity index (χ1) is 9.97. The van der Waals surface area contributed by atoms with Crippen molar-refractivity contribution in [2.45, 2.75) is 32.2 Å². The van der Waals surface area contributed by atoms with Crippen LogP contribution in [0, 0.1) is 11.6 Å². The smallest absolute Gasteiger partial charge is 0.226 e. The molecule has 0 bridgehead atoms. The Kier molecular flexibility index (Phi) is 3.23. The SMILES string of the molecule is CC(C)n1ncc2c1NC(=O)C[C@@H]2c1ccc(F)cc1F. The molecule has 0 saturated heterocycles. The second kappa shape index (κ2) is 4.95. The monoisotopic (exact) mass is 291 g/mol. The van der Waals surface area contributed by atoms with Gasteiger partial charge in [-0.05, 0) is 25.5 Å². The average Bonchev–Trinajstić information content (AvgIpc) is 2.81. The van der Waals surface area contributed by atoms with E-state index in [9.17, 15) is 13.6 Å². The van der Waals surface area contributed by atoms with Crippen LogP contribution in [0.5, 0.6) is 0 Å². The van der Waals surface area contributed by atoms with Crippen LogP contribution in [-0.2, 0) is 4.79 Å². The summed E-state index contributed by atoms with van der Waals surface area (Å²) in [6.07, 6.45) is 1.77. The molecule has 4 nitrogen and oxygen atoms in total. The van der Waals surface area contributed by atoms with Crippen molar-refractivity contribution in [2.24, 2.45) is 0 Å². The zero-order valence-corrected chi connectivity index (χ0v) is 11.7. The van der Waals surface area contributed by atoms with Gasteiger partial charge >= 0.3 is 0 Å². The van der Waals surface area contributed by atoms with Gasteiger partial charge in [-0.2, -0.15) is 5.10 Å². The van der Waals surface area contributed by atoms with Crippen LogP contribution in [0.15, 0.2) is 24.4 Å². The molecule has 0 aliphatic carbocycles. The molecule has 2 heterocycles. The zero-order valence-electron chi connectivity index (χ0n) is 11.7. The number of hydrogen-bond donors (Lipinski definition) is 1. The highest BCUT2D eigenvalue weighted by molar-refractivity contribution is 5.94. The van der Waals surface area contributed by atoms with Crippen LogP contribution in [0.3, 0.4) is 0 Å². The molecule has 21 heavy (non-hydrogen) atoms. The molecular weight excluding hydrogens is 276 g/mol. The molecule has 0 spiro atoms. The number of nitrogens with zero attached hydrogens (tertiary/aromatic N) is 2. The molecule has 0 radical (unpaired) electrons. The lowest BCUT2D eigenvalue weighted by molar-refractivity contribution is -0.116. The van der Waals surface area contributed by atoms with Crippen LogP contribution < -0.4 is 5.32 Å². The lowest BCUT2D eigenvalue weighted by Gasteiger charge is -2.24. The molecule has 1 amide bonds. The fourth-order valence-electron chi connectivity index (χ4n) is 2.69. The third-order valence-corrected chi connectivity index (χ3v) is 3.67. The van der Waals surface area contributed by atoms with Gasteiger partial charge in [0.05, 0.1) is 6.20 Å². The van der Waals surface area contributed by atoms with Gasteiger partial charge in [-0.3, -0.25) is 4.79 Å². The minimum atomic E-state index is -0.641. The number of aromatic nitrogens is 2. The number of anilines is 1. The maximum absolute atomic E-state index is 14.0. The Labute approximate surface area is 120 Å². The second-order valence-corrected chi connectivity index (χ2v) is 5.46. The molecule has 1 aliphatic rings. The van der Waals surface area contributed by atoms with Crippen LogP contribution >= 0.6 is 0 Å². The fraction of sp³-hybridized carbons (Fsp3) is 0.333. The molecule has 3 rings (SSSR count). The summed E-state index contributed by atoms with van der Waals surface area (Å²) < 4.78 is 28.8. The van der Waals surface area contributed by atoms with Crippen molar-refractivity contribution in [3.8, 4) is 0 Å². The maximum Gasteiger partial charge on any atom is 0.226 e. The lowest BCUT2D eigenvalue weighted by Crippen LogP contribution is -2.25. The van der Waals surface area contributed by atoms with E-state index in [2.05, 4.69) is 10.4 Å². The number of rotatable bonds is 2. The van der Waals surface area contributed by atoms with Crippen molar-refractivity contribution in [1.29, 1.82) is 0 Å². The van der Waals surface area contributed by atoms with Crippen LogP contribution in [0.4, 0.5) is 14.6 Å². The van der Waals surface area contributed by atoms with Gasteiger partial charge < -0.3 is 5.32 Å². The van der Waals surface area contributed by atoms with Gasteiger partial charge in [0.1, 0.15) is 17.5 Å². The largest absolute Gasteiger partial charge is 0.311 e. The average molecular weight is 291 g/mol. The van der Waals surface area contributed by atoms with E-state index in [1.54, 1.807) is 10.9 Å². The van der Waals surface area contributed by atoms with E-state index in [0.29, 0.717) is 11.4 Å². The van der Waals surface area contributed by atoms with E-state index in [1.165, 1.54) is 12.1 Å². The van der Waals surface area contributed by atoms with E-state index >= 15 is 0 Å². The first kappa shape index (κ1) is 13.7. The first-order valence-electron chi connectivity index (χ1n) is 6.79. The zero-order chi connectivity index (χ0) is 15.1. The van der Waals surface area contributed by atoms with E-state index in [4.69, 9.17) is 0 Å². The van der Waals surface area contributed by atoms with E-state index < -0.39 is 17.6 Å². The Hall–Kier alpha value is -2.24. The molecule has 0 saturated carbocycles. The molecular formula is C15H15F2N3O. The Morgan fingerprint density at radius 3 is 2.76 bits per heavy atom. The number of fused-ring (bicyclic) bond motifs is 1. The number of hydrogen-bond acceptors (Lipinski definition) is 2. The van der Waals surface area contributed by atoms with E-state index in [1.807, 2.05) is 13.8 Å². The number of halogens is 2. The van der Waals surface area contributed by atoms with Gasteiger partial charge in [-0.25, -0.2) is 13.5 Å². The third-order valence-electron chi connectivity index (χ3n) is 3.67. The predicted molar refractivity (Wildman–Crippen MR) is 74.1 cm³/mol. The number of benzene rings is 1. The molecule has 1 aliphatic heterocycles. The van der Waals surface area contributed by atoms with Crippen molar-refractivity contribution in [1.82, 2.24) is 9.78 Å². The van der Waals surface area contributed by atoms with Gasteiger partial charge in [0.15, 0.2) is 0 Å². The molecule has 1 N–H and O–H groups in total. The van der Waals surface area contributed by atoms with Crippen molar-refractivity contribution >= 4 is 11.7 Å². The minimum absolute atomic E-state index is 0.0749. The fourth-order valence-corrected chi connectivity index (χ4v) is 2.69. The highest BCUT2D eigenvalue weighted by atomic mass is 19.1. The summed E-state index contributed by atoms with van der Waals surface area (Å²) >= 11 is 0. The summed E-state index contributed by atoms with van der Waals surface area (Å²) in [5.41, 5.74) is 1.07. The molecule has 1 atom stereocenters. The number of carbonyl (C=O) groups excluding carboxylic acids is 1. The van der Waals surface area contributed by atoms with Gasteiger partial charge in [0.25, 0.3) is 0 Å². The second-order valence-electron chi connectivity index (χ2n) is 5.46. The molecule has 110 valence electrons. The molecule has 6 heteroatoms. The van der Waals surface area contributed by atoms with Gasteiger partial charge in [0.2, 0.25) is 5.91 Å². The van der Waals surface area contributed by atoms with Crippen molar-refractivity contribution in [3.63, 3.8) is 0 Å². The van der Waals surface area contributed by atoms with Crippen LogP contribution in [0.2, 0.25) is 0 Å². The van der Waals surface area contributed by atoms with Gasteiger partial charge in [-0.1, -0.05) is 6.07 Å². The molecule has 1 aromatic heterocycles. The number of amides is 1. The van der Waals surface area contributed by atoms with E-state index in [-0.39, 0.29) is 18.4 Å². The quantitative estimate of drug-likeness (QED) is 0.923. The highest BCUT2D eigenvalue weighted by Gasteiger charge is 2.32. The minimum Gasteiger partial charge on any atom is -0.311 e. The van der Waals surface area contributed by atoms with Crippen molar-refractivity contribution < 1.29 is 13.6 Å². The summed E-state index contributed by atoms with van der Waals surface area (Å²) in [5, 5.41) is 7.05. The van der Waals surface area contributed by atoms with Crippen molar-refractivity contribution in [3.05, 3.63) is 47.2 Å². The Morgan fingerprint density at radius 1 is 1.33 bits per heavy atom. The van der Waals surface area contributed by atoms with Gasteiger partial charge in [0, 0.05) is 30.0 Å². The van der Waals surface area contributed by atoms with Crippen LogP contribution in [-0.4, -0.2) is 15.7 Å². The molecule has 0 fully saturated rings. The summed E-state index contributed by atoms with van der Waals surface area (Å²) in [6, 6.07) is 3.52. The standard InChI is InChI=1S/C15H15F2N3O/c1-8(2)20-15-12(7-18-20)11(6-14(21)19-15)10-4-3-9(16)5-13(10)17/h3-5,7-8,11H,6H2,1-2H3,(H,19,21)/t11-/m1/s1. The molecule has 0 unspecified atom stereocenters. The number of carbonyl (C=O) groups is 1. The summed E-state index contributed by atoms with van der Waals surface area (Å²) in [7, 11) is 0. The lowest BCUT2D eigenvalue weighted by atomic mass is 9.87. The predicted octanol–water partition coefficient (Wildman–Crippen LogP) is 3.22. The Balaban J connectivity index is 2.11. The highest BCUT2D eigenvalue weighted by Crippen LogP contribution is 2.38. The Morgan fingerprint density at radius 2 is 2.10 bits per heavy atom. The molecule has 1 aromatic carbocycles. The van der Waals surface area contributed by atoms with E-state index in [0.717, 1.165) is 11.6 Å². The van der Waals surface area contributed by atoms with Crippen LogP contribution in [0.25, 0.3) is 0 Å². The maximum atomic E-state index is 14.0. The Bertz CT molecular complexity index is 709. The van der Waals surface area contributed by atoms with Crippen molar-refractivity contribution in [2.75, 3.05) is 5.32 Å². The summed E-state index contributed by atoms with van der Waals surface area (Å²) in [4.78, 5) is 11.9. The van der Waals surface area contributed by atoms with Gasteiger partial charge in [-0.15, -0.1) is 0 Å². The van der Waals surface area contributed by atoms with Crippen LogP contribution in [0.1, 0.15) is 43.4 Å². The topological polar surface area (TPSA) is 46.9 Å². The normalized spacial score (nSPS) is 17.8. The molecule has 2 aromatic rings. The summed E-state index contributed by atoms with van der Waals surface area (Å²) in [5.74, 6) is -1.32. The number of nitrogens with one attached hydrogen (secondary N) is 1.